The highest BCUT2D eigenvalue weighted by Crippen LogP contribution is 2.53. The van der Waals surface area contributed by atoms with Gasteiger partial charge >= 0.3 is 0 Å². The van der Waals surface area contributed by atoms with Crippen molar-refractivity contribution >= 4 is 0 Å². The zero-order valence-corrected chi connectivity index (χ0v) is 12.4. The Balaban J connectivity index is 1.59. The van der Waals surface area contributed by atoms with E-state index in [2.05, 4.69) is 18.2 Å². The average molecular weight is 271 g/mol. The SMILES string of the molecule is COc1ccc2c(c1)C(N)(CC1CC3CCC1C3)CC2. The van der Waals surface area contributed by atoms with Crippen LogP contribution in [0, 0.1) is 17.8 Å². The highest BCUT2D eigenvalue weighted by atomic mass is 16.5. The molecule has 3 aliphatic carbocycles. The van der Waals surface area contributed by atoms with Crippen molar-refractivity contribution in [1.82, 2.24) is 0 Å². The van der Waals surface area contributed by atoms with Gasteiger partial charge in [-0.3, -0.25) is 0 Å². The first-order valence-electron chi connectivity index (χ1n) is 8.14. The molecule has 0 aliphatic heterocycles. The van der Waals surface area contributed by atoms with Gasteiger partial charge in [0.2, 0.25) is 0 Å². The summed E-state index contributed by atoms with van der Waals surface area (Å²) in [4.78, 5) is 0. The number of aryl methyl sites for hydroxylation is 1. The van der Waals surface area contributed by atoms with Crippen molar-refractivity contribution in [3.63, 3.8) is 0 Å². The molecule has 0 spiro atoms. The Hall–Kier alpha value is -1.02. The summed E-state index contributed by atoms with van der Waals surface area (Å²) in [5.41, 5.74) is 9.55. The minimum Gasteiger partial charge on any atom is -0.497 e. The molecule has 2 fully saturated rings. The van der Waals surface area contributed by atoms with Crippen LogP contribution in [0.2, 0.25) is 0 Å². The van der Waals surface area contributed by atoms with Crippen molar-refractivity contribution in [2.45, 2.75) is 50.5 Å². The standard InChI is InChI=1S/C18H25NO/c1-20-16-5-4-13-6-7-18(19,17(13)10-16)11-15-9-12-2-3-14(15)8-12/h4-5,10,12,14-15H,2-3,6-9,11,19H2,1H3. The van der Waals surface area contributed by atoms with E-state index in [1.165, 1.54) is 43.2 Å². The quantitative estimate of drug-likeness (QED) is 0.911. The lowest BCUT2D eigenvalue weighted by atomic mass is 9.77. The Morgan fingerprint density at radius 3 is 2.90 bits per heavy atom. The number of fused-ring (bicyclic) bond motifs is 3. The molecule has 2 heteroatoms. The highest BCUT2D eigenvalue weighted by Gasteiger charge is 2.45. The van der Waals surface area contributed by atoms with Crippen LogP contribution in [0.25, 0.3) is 0 Å². The van der Waals surface area contributed by atoms with Gasteiger partial charge in [0.25, 0.3) is 0 Å². The summed E-state index contributed by atoms with van der Waals surface area (Å²) in [5.74, 6) is 3.80. The molecule has 108 valence electrons. The summed E-state index contributed by atoms with van der Waals surface area (Å²) in [5, 5.41) is 0. The van der Waals surface area contributed by atoms with Gasteiger partial charge in [-0.05, 0) is 79.5 Å². The molecule has 0 aromatic heterocycles. The molecule has 2 bridgehead atoms. The van der Waals surface area contributed by atoms with E-state index in [1.54, 1.807) is 7.11 Å². The number of hydrogen-bond donors (Lipinski definition) is 1. The van der Waals surface area contributed by atoms with Gasteiger partial charge in [-0.2, -0.15) is 0 Å². The average Bonchev–Trinajstić information content (AvgIpc) is 3.14. The molecule has 2 saturated carbocycles. The van der Waals surface area contributed by atoms with Crippen LogP contribution in [-0.4, -0.2) is 7.11 Å². The maximum absolute atomic E-state index is 6.85. The molecule has 4 atom stereocenters. The highest BCUT2D eigenvalue weighted by molar-refractivity contribution is 5.43. The van der Waals surface area contributed by atoms with Crippen LogP contribution < -0.4 is 10.5 Å². The fraction of sp³-hybridized carbons (Fsp3) is 0.667. The number of rotatable bonds is 3. The molecule has 2 N–H and O–H groups in total. The fourth-order valence-electron chi connectivity index (χ4n) is 5.16. The van der Waals surface area contributed by atoms with E-state index in [4.69, 9.17) is 10.5 Å². The summed E-state index contributed by atoms with van der Waals surface area (Å²) in [6.07, 6.45) is 9.28. The third-order valence-electron chi connectivity index (χ3n) is 6.20. The maximum Gasteiger partial charge on any atom is 0.119 e. The van der Waals surface area contributed by atoms with Crippen LogP contribution in [0.15, 0.2) is 18.2 Å². The molecular formula is C18H25NO. The second-order valence-electron chi connectivity index (χ2n) is 7.32. The molecule has 0 amide bonds. The van der Waals surface area contributed by atoms with Crippen molar-refractivity contribution in [3.8, 4) is 5.75 Å². The van der Waals surface area contributed by atoms with Gasteiger partial charge in [0, 0.05) is 5.54 Å². The topological polar surface area (TPSA) is 35.2 Å². The molecule has 0 radical (unpaired) electrons. The monoisotopic (exact) mass is 271 g/mol. The van der Waals surface area contributed by atoms with Crippen molar-refractivity contribution in [3.05, 3.63) is 29.3 Å². The Morgan fingerprint density at radius 2 is 2.20 bits per heavy atom. The summed E-state index contributed by atoms with van der Waals surface area (Å²) in [7, 11) is 1.74. The van der Waals surface area contributed by atoms with E-state index >= 15 is 0 Å². The van der Waals surface area contributed by atoms with E-state index in [1.807, 2.05) is 0 Å². The Bertz CT molecular complexity index is 526. The summed E-state index contributed by atoms with van der Waals surface area (Å²) < 4.78 is 5.40. The smallest absolute Gasteiger partial charge is 0.119 e. The van der Waals surface area contributed by atoms with E-state index in [9.17, 15) is 0 Å². The lowest BCUT2D eigenvalue weighted by Gasteiger charge is -2.32. The van der Waals surface area contributed by atoms with Crippen molar-refractivity contribution in [1.29, 1.82) is 0 Å². The lowest BCUT2D eigenvalue weighted by molar-refractivity contribution is 0.240. The van der Waals surface area contributed by atoms with Gasteiger partial charge in [-0.25, -0.2) is 0 Å². The molecule has 2 nitrogen and oxygen atoms in total. The maximum atomic E-state index is 6.85. The van der Waals surface area contributed by atoms with Crippen LogP contribution in [0.5, 0.6) is 5.75 Å². The number of hydrogen-bond acceptors (Lipinski definition) is 2. The van der Waals surface area contributed by atoms with Gasteiger partial charge in [0.15, 0.2) is 0 Å². The van der Waals surface area contributed by atoms with Crippen molar-refractivity contribution in [2.75, 3.05) is 7.11 Å². The molecular weight excluding hydrogens is 246 g/mol. The minimum atomic E-state index is -0.0982. The van der Waals surface area contributed by atoms with E-state index in [0.29, 0.717) is 0 Å². The lowest BCUT2D eigenvalue weighted by Crippen LogP contribution is -2.37. The zero-order valence-electron chi connectivity index (χ0n) is 12.4. The van der Waals surface area contributed by atoms with E-state index in [-0.39, 0.29) is 5.54 Å². The molecule has 20 heavy (non-hydrogen) atoms. The second kappa shape index (κ2) is 4.49. The number of nitrogens with two attached hydrogens (primary N) is 1. The predicted molar refractivity (Wildman–Crippen MR) is 80.7 cm³/mol. The molecule has 0 heterocycles. The van der Waals surface area contributed by atoms with Gasteiger partial charge in [-0.15, -0.1) is 0 Å². The van der Waals surface area contributed by atoms with Crippen LogP contribution >= 0.6 is 0 Å². The minimum absolute atomic E-state index is 0.0982. The summed E-state index contributed by atoms with van der Waals surface area (Å²) >= 11 is 0. The third kappa shape index (κ3) is 1.88. The largest absolute Gasteiger partial charge is 0.497 e. The normalized spacial score (nSPS) is 38.2. The van der Waals surface area contributed by atoms with E-state index in [0.717, 1.165) is 36.3 Å². The predicted octanol–water partition coefficient (Wildman–Crippen LogP) is 3.62. The first-order chi connectivity index (χ1) is 9.68. The Kier molecular flexibility index (Phi) is 2.85. The van der Waals surface area contributed by atoms with Crippen LogP contribution in [0.3, 0.4) is 0 Å². The van der Waals surface area contributed by atoms with Crippen molar-refractivity contribution < 1.29 is 4.74 Å². The van der Waals surface area contributed by atoms with Gasteiger partial charge in [0.05, 0.1) is 7.11 Å². The van der Waals surface area contributed by atoms with Gasteiger partial charge in [-0.1, -0.05) is 12.5 Å². The van der Waals surface area contributed by atoms with Crippen LogP contribution in [0.4, 0.5) is 0 Å². The first-order valence-corrected chi connectivity index (χ1v) is 8.14. The number of methoxy groups -OCH3 is 1. The second-order valence-corrected chi connectivity index (χ2v) is 7.32. The van der Waals surface area contributed by atoms with Gasteiger partial charge < -0.3 is 10.5 Å². The number of benzene rings is 1. The zero-order chi connectivity index (χ0) is 13.7. The molecule has 1 aromatic rings. The molecule has 0 saturated heterocycles. The third-order valence-corrected chi connectivity index (χ3v) is 6.20. The van der Waals surface area contributed by atoms with E-state index < -0.39 is 0 Å². The van der Waals surface area contributed by atoms with Crippen LogP contribution in [0.1, 0.15) is 49.7 Å². The fourth-order valence-corrected chi connectivity index (χ4v) is 5.16. The Morgan fingerprint density at radius 1 is 1.30 bits per heavy atom. The summed E-state index contributed by atoms with van der Waals surface area (Å²) in [6.45, 7) is 0. The summed E-state index contributed by atoms with van der Waals surface area (Å²) in [6, 6.07) is 6.47. The molecule has 1 aromatic carbocycles. The first kappa shape index (κ1) is 12.7. The van der Waals surface area contributed by atoms with Crippen LogP contribution in [-0.2, 0) is 12.0 Å². The molecule has 4 unspecified atom stereocenters. The molecule has 3 aliphatic rings. The number of ether oxygens (including phenoxy) is 1. The van der Waals surface area contributed by atoms with Gasteiger partial charge in [0.1, 0.15) is 5.75 Å². The molecule has 4 rings (SSSR count). The van der Waals surface area contributed by atoms with Crippen molar-refractivity contribution in [2.24, 2.45) is 23.5 Å². The Labute approximate surface area is 121 Å².